The molecule has 5 nitrogen and oxygen atoms in total. The Labute approximate surface area is 67.4 Å². The van der Waals surface area contributed by atoms with Crippen molar-refractivity contribution in [1.82, 2.24) is 9.97 Å². The lowest BCUT2D eigenvalue weighted by Crippen LogP contribution is -2.07. The fourth-order valence-corrected chi connectivity index (χ4v) is 0.611. The Hall–Kier alpha value is -1.91. The first-order chi connectivity index (χ1) is 5.68. The van der Waals surface area contributed by atoms with E-state index in [1.54, 1.807) is 0 Å². The van der Waals surface area contributed by atoms with Gasteiger partial charge in [-0.25, -0.2) is 14.6 Å². The smallest absolute Gasteiger partial charge is 0.344 e. The van der Waals surface area contributed by atoms with E-state index < -0.39 is 11.7 Å². The molecule has 0 saturated carbocycles. The van der Waals surface area contributed by atoms with Crippen molar-refractivity contribution in [3.8, 4) is 0 Å². The van der Waals surface area contributed by atoms with Crippen molar-refractivity contribution in [3.05, 3.63) is 34.5 Å². The van der Waals surface area contributed by atoms with Gasteiger partial charge >= 0.3 is 11.7 Å². The highest BCUT2D eigenvalue weighted by Crippen LogP contribution is 1.93. The molecular weight excluding hydrogens is 160 g/mol. The highest BCUT2D eigenvalue weighted by Gasteiger charge is 1.89. The first-order valence-electron chi connectivity index (χ1n) is 3.14. The standard InChI is InChI=1S/C7H6N2O3/c10-6(11)2-1-5-3-8-7(12)9-4-5/h1-4H,(H,10,11)(H,8,9,12). The maximum Gasteiger partial charge on any atom is 0.344 e. The van der Waals surface area contributed by atoms with Crippen LogP contribution >= 0.6 is 0 Å². The lowest BCUT2D eigenvalue weighted by atomic mass is 10.3. The van der Waals surface area contributed by atoms with Gasteiger partial charge in [0.1, 0.15) is 0 Å². The maximum atomic E-state index is 10.5. The summed E-state index contributed by atoms with van der Waals surface area (Å²) in [5, 5.41) is 8.25. The Morgan fingerprint density at radius 3 is 2.92 bits per heavy atom. The number of nitrogens with zero attached hydrogens (tertiary/aromatic N) is 1. The molecule has 1 aromatic rings. The van der Waals surface area contributed by atoms with Gasteiger partial charge in [0.2, 0.25) is 0 Å². The molecule has 0 amide bonds. The number of hydrogen-bond donors (Lipinski definition) is 2. The van der Waals surface area contributed by atoms with Crippen molar-refractivity contribution in [3.63, 3.8) is 0 Å². The van der Waals surface area contributed by atoms with Crippen LogP contribution in [0.3, 0.4) is 0 Å². The zero-order valence-corrected chi connectivity index (χ0v) is 6.02. The molecule has 1 rings (SSSR count). The second-order valence-electron chi connectivity index (χ2n) is 2.02. The average Bonchev–Trinajstić information content (AvgIpc) is 2.03. The summed E-state index contributed by atoms with van der Waals surface area (Å²) in [6.45, 7) is 0. The van der Waals surface area contributed by atoms with E-state index in [0.29, 0.717) is 5.56 Å². The largest absolute Gasteiger partial charge is 0.478 e. The molecule has 2 N–H and O–H groups in total. The molecular formula is C7H6N2O3. The van der Waals surface area contributed by atoms with E-state index in [9.17, 15) is 9.59 Å². The summed E-state index contributed by atoms with van der Waals surface area (Å²) in [5.74, 6) is -1.04. The van der Waals surface area contributed by atoms with Crippen molar-refractivity contribution < 1.29 is 9.90 Å². The number of carboxylic acids is 1. The maximum absolute atomic E-state index is 10.5. The molecule has 0 unspecified atom stereocenters. The SMILES string of the molecule is O=C(O)C=Cc1cnc(=O)[nH]c1. The van der Waals surface area contributed by atoms with Crippen molar-refractivity contribution in [1.29, 1.82) is 0 Å². The van der Waals surface area contributed by atoms with Gasteiger partial charge in [-0.3, -0.25) is 0 Å². The highest BCUT2D eigenvalue weighted by molar-refractivity contribution is 5.85. The van der Waals surface area contributed by atoms with Gasteiger partial charge in [0.15, 0.2) is 0 Å². The lowest BCUT2D eigenvalue weighted by Gasteiger charge is -1.87. The number of carboxylic acid groups (broad SMARTS) is 1. The van der Waals surface area contributed by atoms with Gasteiger partial charge < -0.3 is 10.1 Å². The monoisotopic (exact) mass is 166 g/mol. The van der Waals surface area contributed by atoms with E-state index in [2.05, 4.69) is 9.97 Å². The van der Waals surface area contributed by atoms with Gasteiger partial charge in [0.25, 0.3) is 0 Å². The normalized spacial score (nSPS) is 10.3. The first kappa shape index (κ1) is 8.19. The Balaban J connectivity index is 2.84. The van der Waals surface area contributed by atoms with Crippen molar-refractivity contribution in [2.24, 2.45) is 0 Å². The van der Waals surface area contributed by atoms with E-state index in [1.165, 1.54) is 18.5 Å². The minimum atomic E-state index is -1.04. The lowest BCUT2D eigenvalue weighted by molar-refractivity contribution is -0.131. The van der Waals surface area contributed by atoms with Crippen LogP contribution in [-0.2, 0) is 4.79 Å². The van der Waals surface area contributed by atoms with E-state index in [4.69, 9.17) is 5.11 Å². The minimum Gasteiger partial charge on any atom is -0.478 e. The number of rotatable bonds is 2. The Morgan fingerprint density at radius 2 is 2.42 bits per heavy atom. The van der Waals surface area contributed by atoms with Crippen molar-refractivity contribution in [2.45, 2.75) is 0 Å². The van der Waals surface area contributed by atoms with Crippen LogP contribution in [0.4, 0.5) is 0 Å². The van der Waals surface area contributed by atoms with E-state index >= 15 is 0 Å². The molecule has 5 heteroatoms. The Kier molecular flexibility index (Phi) is 2.37. The van der Waals surface area contributed by atoms with Gasteiger partial charge in [0, 0.05) is 24.0 Å². The molecule has 0 radical (unpaired) electrons. The van der Waals surface area contributed by atoms with Gasteiger partial charge in [0.05, 0.1) is 0 Å². The summed E-state index contributed by atoms with van der Waals surface area (Å²) in [5.41, 5.74) is 0.0828. The van der Waals surface area contributed by atoms with Gasteiger partial charge in [-0.05, 0) is 6.08 Å². The predicted octanol–water partition coefficient (Wildman–Crippen LogP) is -0.132. The van der Waals surface area contributed by atoms with Crippen molar-refractivity contribution in [2.75, 3.05) is 0 Å². The van der Waals surface area contributed by atoms with Gasteiger partial charge in [-0.1, -0.05) is 0 Å². The number of nitrogens with one attached hydrogen (secondary N) is 1. The summed E-state index contributed by atoms with van der Waals surface area (Å²) < 4.78 is 0. The van der Waals surface area contributed by atoms with Crippen molar-refractivity contribution >= 4 is 12.0 Å². The first-order valence-corrected chi connectivity index (χ1v) is 3.14. The number of aromatic nitrogens is 2. The summed E-state index contributed by atoms with van der Waals surface area (Å²) in [7, 11) is 0. The summed E-state index contributed by atoms with van der Waals surface area (Å²) in [6.07, 6.45) is 4.98. The zero-order chi connectivity index (χ0) is 8.97. The van der Waals surface area contributed by atoms with Gasteiger partial charge in [-0.2, -0.15) is 0 Å². The summed E-state index contributed by atoms with van der Waals surface area (Å²) in [6, 6.07) is 0. The molecule has 0 aliphatic rings. The molecule has 0 spiro atoms. The second kappa shape index (κ2) is 3.47. The van der Waals surface area contributed by atoms with Crippen LogP contribution in [0, 0.1) is 0 Å². The molecule has 62 valence electrons. The average molecular weight is 166 g/mol. The van der Waals surface area contributed by atoms with Crippen LogP contribution in [0.15, 0.2) is 23.3 Å². The number of aliphatic carboxylic acids is 1. The summed E-state index contributed by atoms with van der Waals surface area (Å²) in [4.78, 5) is 26.2. The molecule has 0 bridgehead atoms. The second-order valence-corrected chi connectivity index (χ2v) is 2.02. The molecule has 0 atom stereocenters. The van der Waals surface area contributed by atoms with E-state index in [-0.39, 0.29) is 0 Å². The number of hydrogen-bond acceptors (Lipinski definition) is 3. The van der Waals surface area contributed by atoms with Crippen LogP contribution in [0.1, 0.15) is 5.56 Å². The summed E-state index contributed by atoms with van der Waals surface area (Å²) >= 11 is 0. The van der Waals surface area contributed by atoms with Gasteiger partial charge in [-0.15, -0.1) is 0 Å². The number of aromatic amines is 1. The molecule has 0 aromatic carbocycles. The zero-order valence-electron chi connectivity index (χ0n) is 6.02. The molecule has 1 aromatic heterocycles. The van der Waals surface area contributed by atoms with Crippen LogP contribution in [-0.4, -0.2) is 21.0 Å². The third kappa shape index (κ3) is 2.37. The van der Waals surface area contributed by atoms with E-state index in [1.807, 2.05) is 0 Å². The highest BCUT2D eigenvalue weighted by atomic mass is 16.4. The topological polar surface area (TPSA) is 83.0 Å². The molecule has 0 aliphatic carbocycles. The van der Waals surface area contributed by atoms with Crippen LogP contribution in [0.2, 0.25) is 0 Å². The number of carbonyl (C=O) groups is 1. The third-order valence-electron chi connectivity index (χ3n) is 1.11. The molecule has 12 heavy (non-hydrogen) atoms. The quantitative estimate of drug-likeness (QED) is 0.599. The Bertz CT molecular complexity index is 347. The molecule has 0 fully saturated rings. The molecule has 1 heterocycles. The third-order valence-corrected chi connectivity index (χ3v) is 1.11. The predicted molar refractivity (Wildman–Crippen MR) is 41.5 cm³/mol. The minimum absolute atomic E-state index is 0.456. The van der Waals surface area contributed by atoms with E-state index in [0.717, 1.165) is 6.08 Å². The van der Waals surface area contributed by atoms with Crippen LogP contribution < -0.4 is 5.69 Å². The van der Waals surface area contributed by atoms with Crippen LogP contribution in [0.5, 0.6) is 0 Å². The molecule has 0 aliphatic heterocycles. The fourth-order valence-electron chi connectivity index (χ4n) is 0.611. The molecule has 0 saturated heterocycles. The fraction of sp³-hybridized carbons (Fsp3) is 0. The van der Waals surface area contributed by atoms with Crippen LogP contribution in [0.25, 0.3) is 6.08 Å². The Morgan fingerprint density at radius 1 is 1.67 bits per heavy atom. The number of H-pyrrole nitrogens is 1.